The van der Waals surface area contributed by atoms with Gasteiger partial charge in [0.15, 0.2) is 11.5 Å². The quantitative estimate of drug-likeness (QED) is 0.919. The SMILES string of the molecule is Fc1ccc(Cl)cc1NCc1ccc2c(c1)OCCCO2. The Balaban J connectivity index is 1.73. The number of nitrogens with one attached hydrogen (secondary N) is 1. The van der Waals surface area contributed by atoms with Gasteiger partial charge in [0.2, 0.25) is 0 Å². The third-order valence-electron chi connectivity index (χ3n) is 3.22. The highest BCUT2D eigenvalue weighted by Crippen LogP contribution is 2.30. The topological polar surface area (TPSA) is 30.5 Å². The Morgan fingerprint density at radius 3 is 2.71 bits per heavy atom. The van der Waals surface area contributed by atoms with Crippen molar-refractivity contribution in [3.05, 3.63) is 52.8 Å². The number of anilines is 1. The maximum Gasteiger partial charge on any atom is 0.161 e. The molecule has 0 radical (unpaired) electrons. The highest BCUT2D eigenvalue weighted by molar-refractivity contribution is 6.30. The molecular weight excluding hydrogens is 293 g/mol. The molecular formula is C16H15ClFNO2. The van der Waals surface area contributed by atoms with Gasteiger partial charge in [-0.05, 0) is 35.9 Å². The fraction of sp³-hybridized carbons (Fsp3) is 0.250. The first-order chi connectivity index (χ1) is 10.2. The summed E-state index contributed by atoms with van der Waals surface area (Å²) in [6.07, 6.45) is 0.871. The molecule has 3 rings (SSSR count). The van der Waals surface area contributed by atoms with Crippen molar-refractivity contribution in [2.75, 3.05) is 18.5 Å². The van der Waals surface area contributed by atoms with Crippen molar-refractivity contribution in [1.82, 2.24) is 0 Å². The van der Waals surface area contributed by atoms with Crippen LogP contribution in [0.1, 0.15) is 12.0 Å². The van der Waals surface area contributed by atoms with Crippen LogP contribution in [0.3, 0.4) is 0 Å². The Kier molecular flexibility index (Phi) is 4.15. The first kappa shape index (κ1) is 14.0. The van der Waals surface area contributed by atoms with Crippen molar-refractivity contribution in [1.29, 1.82) is 0 Å². The summed E-state index contributed by atoms with van der Waals surface area (Å²) >= 11 is 5.87. The lowest BCUT2D eigenvalue weighted by atomic mass is 10.2. The van der Waals surface area contributed by atoms with Gasteiger partial charge in [0.25, 0.3) is 0 Å². The molecule has 0 aliphatic carbocycles. The molecule has 110 valence electrons. The molecule has 0 unspecified atom stereocenters. The van der Waals surface area contributed by atoms with Gasteiger partial charge in [-0.15, -0.1) is 0 Å². The van der Waals surface area contributed by atoms with Gasteiger partial charge in [-0.25, -0.2) is 4.39 Å². The van der Waals surface area contributed by atoms with Crippen molar-refractivity contribution in [2.24, 2.45) is 0 Å². The zero-order valence-corrected chi connectivity index (χ0v) is 12.1. The number of ether oxygens (including phenoxy) is 2. The number of fused-ring (bicyclic) bond motifs is 1. The van der Waals surface area contributed by atoms with Gasteiger partial charge in [0.1, 0.15) is 5.82 Å². The highest BCUT2D eigenvalue weighted by atomic mass is 35.5. The van der Waals surface area contributed by atoms with Crippen LogP contribution in [0.4, 0.5) is 10.1 Å². The molecule has 1 N–H and O–H groups in total. The van der Waals surface area contributed by atoms with E-state index in [4.69, 9.17) is 21.1 Å². The summed E-state index contributed by atoms with van der Waals surface area (Å²) in [5.74, 6) is 1.16. The van der Waals surface area contributed by atoms with Crippen molar-refractivity contribution >= 4 is 17.3 Å². The van der Waals surface area contributed by atoms with E-state index >= 15 is 0 Å². The lowest BCUT2D eigenvalue weighted by Gasteiger charge is -2.11. The molecule has 2 aromatic carbocycles. The molecule has 21 heavy (non-hydrogen) atoms. The van der Waals surface area contributed by atoms with E-state index in [0.717, 1.165) is 23.5 Å². The average molecular weight is 308 g/mol. The molecule has 0 bridgehead atoms. The lowest BCUT2D eigenvalue weighted by Crippen LogP contribution is -2.02. The van der Waals surface area contributed by atoms with Crippen molar-refractivity contribution in [2.45, 2.75) is 13.0 Å². The van der Waals surface area contributed by atoms with E-state index < -0.39 is 0 Å². The van der Waals surface area contributed by atoms with Crippen LogP contribution in [0.25, 0.3) is 0 Å². The Morgan fingerprint density at radius 2 is 1.86 bits per heavy atom. The van der Waals surface area contributed by atoms with E-state index in [9.17, 15) is 4.39 Å². The van der Waals surface area contributed by atoms with E-state index in [0.29, 0.717) is 30.5 Å². The summed E-state index contributed by atoms with van der Waals surface area (Å²) in [6, 6.07) is 10.2. The molecule has 2 aromatic rings. The molecule has 5 heteroatoms. The van der Waals surface area contributed by atoms with Gasteiger partial charge in [0.05, 0.1) is 18.9 Å². The summed E-state index contributed by atoms with van der Waals surface area (Å²) in [5.41, 5.74) is 1.37. The molecule has 0 saturated heterocycles. The summed E-state index contributed by atoms with van der Waals surface area (Å²) in [7, 11) is 0. The maximum absolute atomic E-state index is 13.6. The molecule has 1 aliphatic rings. The molecule has 0 aromatic heterocycles. The summed E-state index contributed by atoms with van der Waals surface area (Å²) in [6.45, 7) is 1.79. The van der Waals surface area contributed by atoms with Crippen LogP contribution in [0.5, 0.6) is 11.5 Å². The zero-order chi connectivity index (χ0) is 14.7. The van der Waals surface area contributed by atoms with Gasteiger partial charge >= 0.3 is 0 Å². The summed E-state index contributed by atoms with van der Waals surface area (Å²) < 4.78 is 24.8. The molecule has 0 atom stereocenters. The van der Waals surface area contributed by atoms with E-state index in [1.807, 2.05) is 18.2 Å². The highest BCUT2D eigenvalue weighted by Gasteiger charge is 2.11. The zero-order valence-electron chi connectivity index (χ0n) is 11.4. The smallest absolute Gasteiger partial charge is 0.161 e. The number of rotatable bonds is 3. The second-order valence-electron chi connectivity index (χ2n) is 4.81. The van der Waals surface area contributed by atoms with E-state index in [1.165, 1.54) is 12.1 Å². The molecule has 0 spiro atoms. The van der Waals surface area contributed by atoms with Crippen LogP contribution in [0.2, 0.25) is 5.02 Å². The fourth-order valence-electron chi connectivity index (χ4n) is 2.15. The van der Waals surface area contributed by atoms with Crippen molar-refractivity contribution < 1.29 is 13.9 Å². The van der Waals surface area contributed by atoms with Gasteiger partial charge in [-0.1, -0.05) is 17.7 Å². The lowest BCUT2D eigenvalue weighted by molar-refractivity contribution is 0.297. The molecule has 0 saturated carbocycles. The van der Waals surface area contributed by atoms with E-state index in [-0.39, 0.29) is 5.82 Å². The minimum atomic E-state index is -0.325. The Hall–Kier alpha value is -1.94. The third-order valence-corrected chi connectivity index (χ3v) is 3.46. The van der Waals surface area contributed by atoms with Crippen LogP contribution >= 0.6 is 11.6 Å². The molecule has 1 aliphatic heterocycles. The normalized spacial score (nSPS) is 13.6. The van der Waals surface area contributed by atoms with E-state index in [2.05, 4.69) is 5.32 Å². The summed E-state index contributed by atoms with van der Waals surface area (Å²) in [4.78, 5) is 0. The van der Waals surface area contributed by atoms with Crippen LogP contribution in [-0.2, 0) is 6.54 Å². The summed E-state index contributed by atoms with van der Waals surface area (Å²) in [5, 5.41) is 3.53. The van der Waals surface area contributed by atoms with Crippen LogP contribution in [0.15, 0.2) is 36.4 Å². The molecule has 0 amide bonds. The maximum atomic E-state index is 13.6. The second kappa shape index (κ2) is 6.22. The number of hydrogen-bond donors (Lipinski definition) is 1. The molecule has 3 nitrogen and oxygen atoms in total. The van der Waals surface area contributed by atoms with Crippen molar-refractivity contribution in [3.8, 4) is 11.5 Å². The van der Waals surface area contributed by atoms with Gasteiger partial charge in [-0.3, -0.25) is 0 Å². The largest absolute Gasteiger partial charge is 0.490 e. The van der Waals surface area contributed by atoms with Gasteiger partial charge in [0, 0.05) is 18.0 Å². The predicted molar refractivity (Wildman–Crippen MR) is 80.8 cm³/mol. The van der Waals surface area contributed by atoms with Gasteiger partial charge in [-0.2, -0.15) is 0 Å². The van der Waals surface area contributed by atoms with Gasteiger partial charge < -0.3 is 14.8 Å². The monoisotopic (exact) mass is 307 g/mol. The molecule has 0 fully saturated rings. The van der Waals surface area contributed by atoms with Crippen LogP contribution in [0, 0.1) is 5.82 Å². The Morgan fingerprint density at radius 1 is 1.05 bits per heavy atom. The van der Waals surface area contributed by atoms with Crippen LogP contribution < -0.4 is 14.8 Å². The number of hydrogen-bond acceptors (Lipinski definition) is 3. The molecule has 1 heterocycles. The Bertz CT molecular complexity index is 648. The number of benzene rings is 2. The Labute approximate surface area is 127 Å². The van der Waals surface area contributed by atoms with Crippen LogP contribution in [-0.4, -0.2) is 13.2 Å². The minimum absolute atomic E-state index is 0.325. The minimum Gasteiger partial charge on any atom is -0.490 e. The van der Waals surface area contributed by atoms with Crippen molar-refractivity contribution in [3.63, 3.8) is 0 Å². The van der Waals surface area contributed by atoms with E-state index in [1.54, 1.807) is 6.07 Å². The second-order valence-corrected chi connectivity index (χ2v) is 5.25. The number of halogens is 2. The third kappa shape index (κ3) is 3.39. The fourth-order valence-corrected chi connectivity index (χ4v) is 2.32. The predicted octanol–water partition coefficient (Wildman–Crippen LogP) is 4.25. The average Bonchev–Trinajstić information content (AvgIpc) is 2.73. The first-order valence-corrected chi connectivity index (χ1v) is 7.17. The first-order valence-electron chi connectivity index (χ1n) is 6.80. The standard InChI is InChI=1S/C16H15ClFNO2/c17-12-3-4-13(18)14(9-12)19-10-11-2-5-15-16(8-11)21-7-1-6-20-15/h2-5,8-9,19H,1,6-7,10H2.